The Balaban J connectivity index is 2.15. The molecule has 0 bridgehead atoms. The normalized spacial score (nSPS) is 21.2. The van der Waals surface area contributed by atoms with Gasteiger partial charge in [-0.05, 0) is 37.8 Å². The van der Waals surface area contributed by atoms with Crippen molar-refractivity contribution in [2.75, 3.05) is 25.1 Å². The Labute approximate surface area is 114 Å². The molecule has 1 heterocycles. The van der Waals surface area contributed by atoms with Gasteiger partial charge in [0.15, 0.2) is 0 Å². The lowest BCUT2D eigenvalue weighted by molar-refractivity contribution is 0.0215. The number of ether oxygens (including phenoxy) is 1. The molecular formula is C15H23FN2O. The van der Waals surface area contributed by atoms with Gasteiger partial charge in [-0.3, -0.25) is 0 Å². The van der Waals surface area contributed by atoms with Crippen LogP contribution in [0, 0.1) is 5.82 Å². The van der Waals surface area contributed by atoms with Gasteiger partial charge in [0.2, 0.25) is 0 Å². The van der Waals surface area contributed by atoms with Crippen LogP contribution in [0.4, 0.5) is 10.1 Å². The third kappa shape index (κ3) is 3.45. The summed E-state index contributed by atoms with van der Waals surface area (Å²) in [7, 11) is 1.91. The van der Waals surface area contributed by atoms with Crippen molar-refractivity contribution in [3.05, 3.63) is 29.6 Å². The molecule has 2 rings (SSSR count). The largest absolute Gasteiger partial charge is 0.376 e. The van der Waals surface area contributed by atoms with Gasteiger partial charge in [0.1, 0.15) is 5.82 Å². The minimum Gasteiger partial charge on any atom is -0.376 e. The zero-order chi connectivity index (χ0) is 13.8. The third-order valence-electron chi connectivity index (χ3n) is 3.64. The van der Waals surface area contributed by atoms with Gasteiger partial charge in [-0.2, -0.15) is 0 Å². The summed E-state index contributed by atoms with van der Waals surface area (Å²) in [5, 5.41) is 0. The summed E-state index contributed by atoms with van der Waals surface area (Å²) in [5.74, 6) is -0.215. The Morgan fingerprint density at radius 3 is 2.89 bits per heavy atom. The second-order valence-corrected chi connectivity index (χ2v) is 5.34. The van der Waals surface area contributed by atoms with Gasteiger partial charge in [-0.1, -0.05) is 12.1 Å². The number of para-hydroxylation sites is 1. The van der Waals surface area contributed by atoms with Crippen molar-refractivity contribution in [1.82, 2.24) is 0 Å². The van der Waals surface area contributed by atoms with Crippen molar-refractivity contribution < 1.29 is 9.13 Å². The molecule has 1 aliphatic heterocycles. The van der Waals surface area contributed by atoms with Gasteiger partial charge >= 0.3 is 0 Å². The minimum absolute atomic E-state index is 0.180. The molecule has 1 aromatic carbocycles. The molecule has 4 heteroatoms. The van der Waals surface area contributed by atoms with Gasteiger partial charge in [-0.15, -0.1) is 0 Å². The Bertz CT molecular complexity index is 417. The van der Waals surface area contributed by atoms with E-state index in [4.69, 9.17) is 10.5 Å². The molecule has 3 nitrogen and oxygen atoms in total. The van der Waals surface area contributed by atoms with E-state index in [9.17, 15) is 4.39 Å². The highest BCUT2D eigenvalue weighted by Gasteiger charge is 2.20. The standard InChI is InChI=1S/C15H23FN2O/c1-11(17)13-7-5-8-14(16)15(13)18(2)10-12-6-3-4-9-19-12/h5,7-8,11-12H,3-4,6,9-10,17H2,1-2H3/t11-,12?/m0/s1. The Morgan fingerprint density at radius 1 is 1.47 bits per heavy atom. The van der Waals surface area contributed by atoms with Crippen LogP contribution < -0.4 is 10.6 Å². The Morgan fingerprint density at radius 2 is 2.26 bits per heavy atom. The number of anilines is 1. The molecule has 0 radical (unpaired) electrons. The summed E-state index contributed by atoms with van der Waals surface area (Å²) in [4.78, 5) is 1.93. The highest BCUT2D eigenvalue weighted by atomic mass is 19.1. The zero-order valence-corrected chi connectivity index (χ0v) is 11.7. The molecule has 0 saturated carbocycles. The first-order chi connectivity index (χ1) is 9.09. The van der Waals surface area contributed by atoms with Crippen LogP contribution in [0.25, 0.3) is 0 Å². The van der Waals surface area contributed by atoms with Crippen molar-refractivity contribution in [2.45, 2.75) is 38.3 Å². The van der Waals surface area contributed by atoms with Crippen molar-refractivity contribution >= 4 is 5.69 Å². The molecule has 1 fully saturated rings. The van der Waals surface area contributed by atoms with E-state index in [0.717, 1.165) is 25.0 Å². The molecule has 2 N–H and O–H groups in total. The van der Waals surface area contributed by atoms with Crippen molar-refractivity contribution in [1.29, 1.82) is 0 Å². The minimum atomic E-state index is -0.215. The zero-order valence-electron chi connectivity index (χ0n) is 11.7. The van der Waals surface area contributed by atoms with Gasteiger partial charge in [0.25, 0.3) is 0 Å². The first kappa shape index (κ1) is 14.3. The van der Waals surface area contributed by atoms with Crippen LogP contribution in [0.2, 0.25) is 0 Å². The van der Waals surface area contributed by atoms with Crippen molar-refractivity contribution in [2.24, 2.45) is 5.73 Å². The average Bonchev–Trinajstić information content (AvgIpc) is 2.39. The quantitative estimate of drug-likeness (QED) is 0.910. The number of hydrogen-bond acceptors (Lipinski definition) is 3. The highest BCUT2D eigenvalue weighted by Crippen LogP contribution is 2.28. The van der Waals surface area contributed by atoms with Crippen LogP contribution >= 0.6 is 0 Å². The van der Waals surface area contributed by atoms with Crippen LogP contribution in [0.3, 0.4) is 0 Å². The second-order valence-electron chi connectivity index (χ2n) is 5.34. The van der Waals surface area contributed by atoms with Crippen LogP contribution in [-0.4, -0.2) is 26.3 Å². The first-order valence-corrected chi connectivity index (χ1v) is 6.96. The number of benzene rings is 1. The number of rotatable bonds is 4. The van der Waals surface area contributed by atoms with E-state index in [-0.39, 0.29) is 18.0 Å². The molecule has 106 valence electrons. The summed E-state index contributed by atoms with van der Waals surface area (Å²) in [6.07, 6.45) is 3.56. The average molecular weight is 266 g/mol. The summed E-state index contributed by atoms with van der Waals surface area (Å²) < 4.78 is 19.8. The number of nitrogens with zero attached hydrogens (tertiary/aromatic N) is 1. The van der Waals surface area contributed by atoms with Gasteiger partial charge in [0, 0.05) is 26.2 Å². The fourth-order valence-electron chi connectivity index (χ4n) is 2.65. The van der Waals surface area contributed by atoms with Crippen molar-refractivity contribution in [3.8, 4) is 0 Å². The maximum absolute atomic E-state index is 14.1. The molecule has 19 heavy (non-hydrogen) atoms. The van der Waals surface area contributed by atoms with Gasteiger partial charge < -0.3 is 15.4 Å². The molecular weight excluding hydrogens is 243 g/mol. The van der Waals surface area contributed by atoms with Crippen molar-refractivity contribution in [3.63, 3.8) is 0 Å². The molecule has 2 atom stereocenters. The maximum atomic E-state index is 14.1. The van der Waals surface area contributed by atoms with Gasteiger partial charge in [0.05, 0.1) is 11.8 Å². The SMILES string of the molecule is C[C@H](N)c1cccc(F)c1N(C)CC1CCCCO1. The summed E-state index contributed by atoms with van der Waals surface area (Å²) in [6, 6.07) is 4.91. The Kier molecular flexibility index (Phi) is 4.77. The number of halogens is 1. The first-order valence-electron chi connectivity index (χ1n) is 6.96. The molecule has 0 spiro atoms. The van der Waals surface area contributed by atoms with E-state index in [2.05, 4.69) is 0 Å². The predicted molar refractivity (Wildman–Crippen MR) is 75.9 cm³/mol. The lowest BCUT2D eigenvalue weighted by Crippen LogP contribution is -2.34. The fourth-order valence-corrected chi connectivity index (χ4v) is 2.65. The van der Waals surface area contributed by atoms with E-state index in [1.165, 1.54) is 12.5 Å². The monoisotopic (exact) mass is 266 g/mol. The van der Waals surface area contributed by atoms with E-state index < -0.39 is 0 Å². The summed E-state index contributed by atoms with van der Waals surface area (Å²) in [5.41, 5.74) is 7.38. The molecule has 1 aliphatic rings. The summed E-state index contributed by atoms with van der Waals surface area (Å²) >= 11 is 0. The molecule has 1 unspecified atom stereocenters. The lowest BCUT2D eigenvalue weighted by atomic mass is 10.0. The number of nitrogens with two attached hydrogens (primary N) is 1. The fraction of sp³-hybridized carbons (Fsp3) is 0.600. The third-order valence-corrected chi connectivity index (χ3v) is 3.64. The van der Waals surface area contributed by atoms with E-state index in [1.807, 2.05) is 24.9 Å². The van der Waals surface area contributed by atoms with Gasteiger partial charge in [-0.25, -0.2) is 4.39 Å². The summed E-state index contributed by atoms with van der Waals surface area (Å²) in [6.45, 7) is 3.40. The molecule has 0 amide bonds. The van der Waals surface area contributed by atoms with E-state index in [0.29, 0.717) is 12.2 Å². The maximum Gasteiger partial charge on any atom is 0.146 e. The lowest BCUT2D eigenvalue weighted by Gasteiger charge is -2.30. The highest BCUT2D eigenvalue weighted by molar-refractivity contribution is 5.55. The molecule has 0 aliphatic carbocycles. The van der Waals surface area contributed by atoms with Crippen LogP contribution in [-0.2, 0) is 4.74 Å². The number of likely N-dealkylation sites (N-methyl/N-ethyl adjacent to an activating group) is 1. The smallest absolute Gasteiger partial charge is 0.146 e. The van der Waals surface area contributed by atoms with Crippen LogP contribution in [0.15, 0.2) is 18.2 Å². The van der Waals surface area contributed by atoms with Crippen LogP contribution in [0.1, 0.15) is 37.8 Å². The second kappa shape index (κ2) is 6.35. The molecule has 0 aromatic heterocycles. The predicted octanol–water partition coefficient (Wildman–Crippen LogP) is 2.85. The molecule has 1 saturated heterocycles. The van der Waals surface area contributed by atoms with E-state index in [1.54, 1.807) is 6.07 Å². The van der Waals surface area contributed by atoms with Crippen LogP contribution in [0.5, 0.6) is 0 Å². The topological polar surface area (TPSA) is 38.5 Å². The van der Waals surface area contributed by atoms with E-state index >= 15 is 0 Å². The Hall–Kier alpha value is -1.13. The number of hydrogen-bond donors (Lipinski definition) is 1. The molecule has 1 aromatic rings.